The molecule has 6 heteroatoms. The lowest BCUT2D eigenvalue weighted by Crippen LogP contribution is -2.30. The highest BCUT2D eigenvalue weighted by Gasteiger charge is 2.19. The average Bonchev–Trinajstić information content (AvgIpc) is 3.06. The number of carbonyl (C=O) groups excluding carboxylic acids is 3. The second-order valence-corrected chi connectivity index (χ2v) is 15.6. The summed E-state index contributed by atoms with van der Waals surface area (Å²) in [7, 11) is 0. The van der Waals surface area contributed by atoms with Crippen LogP contribution in [0.1, 0.15) is 227 Å². The van der Waals surface area contributed by atoms with E-state index >= 15 is 0 Å². The molecule has 0 radical (unpaired) electrons. The predicted octanol–water partition coefficient (Wildman–Crippen LogP) is 13.0. The molecule has 0 aromatic rings. The molecule has 0 fully saturated rings. The number of unbranched alkanes of at least 4 members (excludes halogenated alkanes) is 22. The van der Waals surface area contributed by atoms with Gasteiger partial charge in [0.2, 0.25) is 0 Å². The maximum Gasteiger partial charge on any atom is 0.306 e. The Morgan fingerprint density at radius 2 is 0.673 bits per heavy atom. The molecule has 0 aliphatic rings. The SMILES string of the molecule is CCCCCCCCCCCCCC(=O)OC[C@H](COC(=O)CCCCCCCCCCC(C)C)OC(=O)CCCCCCCCC(C)C. The van der Waals surface area contributed by atoms with Gasteiger partial charge in [0.15, 0.2) is 6.10 Å². The lowest BCUT2D eigenvalue weighted by atomic mass is 10.0. The van der Waals surface area contributed by atoms with Gasteiger partial charge in [0, 0.05) is 19.3 Å². The van der Waals surface area contributed by atoms with E-state index in [-0.39, 0.29) is 31.1 Å². The van der Waals surface area contributed by atoms with Crippen molar-refractivity contribution in [2.45, 2.75) is 233 Å². The Hall–Kier alpha value is -1.59. The molecule has 0 unspecified atom stereocenters. The van der Waals surface area contributed by atoms with Crippen LogP contribution in [0, 0.1) is 11.8 Å². The molecule has 0 amide bonds. The van der Waals surface area contributed by atoms with Gasteiger partial charge < -0.3 is 14.2 Å². The minimum atomic E-state index is -0.760. The highest BCUT2D eigenvalue weighted by atomic mass is 16.6. The zero-order valence-electron chi connectivity index (χ0n) is 33.3. The molecule has 0 saturated carbocycles. The predicted molar refractivity (Wildman–Crippen MR) is 206 cm³/mol. The Kier molecular flexibility index (Phi) is 35.0. The third-order valence-electron chi connectivity index (χ3n) is 9.47. The first-order valence-electron chi connectivity index (χ1n) is 21.2. The molecular formula is C43H82O6. The largest absolute Gasteiger partial charge is 0.462 e. The van der Waals surface area contributed by atoms with Crippen LogP contribution in [0.3, 0.4) is 0 Å². The van der Waals surface area contributed by atoms with Crippen molar-refractivity contribution in [3.63, 3.8) is 0 Å². The van der Waals surface area contributed by atoms with Gasteiger partial charge in [-0.3, -0.25) is 14.4 Å². The topological polar surface area (TPSA) is 78.9 Å². The van der Waals surface area contributed by atoms with Gasteiger partial charge in [0.05, 0.1) is 0 Å². The van der Waals surface area contributed by atoms with Gasteiger partial charge in [0.1, 0.15) is 13.2 Å². The third-order valence-corrected chi connectivity index (χ3v) is 9.47. The number of rotatable bonds is 37. The molecule has 0 aromatic carbocycles. The van der Waals surface area contributed by atoms with Crippen molar-refractivity contribution in [3.05, 3.63) is 0 Å². The minimum absolute atomic E-state index is 0.0666. The van der Waals surface area contributed by atoms with E-state index in [9.17, 15) is 14.4 Å². The molecule has 0 aromatic heterocycles. The van der Waals surface area contributed by atoms with E-state index in [4.69, 9.17) is 14.2 Å². The lowest BCUT2D eigenvalue weighted by Gasteiger charge is -2.18. The zero-order valence-corrected chi connectivity index (χ0v) is 33.3. The first kappa shape index (κ1) is 47.4. The number of esters is 3. The lowest BCUT2D eigenvalue weighted by molar-refractivity contribution is -0.167. The van der Waals surface area contributed by atoms with Crippen molar-refractivity contribution in [3.8, 4) is 0 Å². The van der Waals surface area contributed by atoms with Crippen molar-refractivity contribution < 1.29 is 28.6 Å². The molecular weight excluding hydrogens is 612 g/mol. The summed E-state index contributed by atoms with van der Waals surface area (Å²) in [6, 6.07) is 0. The van der Waals surface area contributed by atoms with E-state index in [0.717, 1.165) is 69.6 Å². The second kappa shape index (κ2) is 36.2. The van der Waals surface area contributed by atoms with E-state index < -0.39 is 6.10 Å². The van der Waals surface area contributed by atoms with Crippen LogP contribution in [0.5, 0.6) is 0 Å². The summed E-state index contributed by atoms with van der Waals surface area (Å²) in [5.41, 5.74) is 0. The van der Waals surface area contributed by atoms with Gasteiger partial charge in [-0.15, -0.1) is 0 Å². The van der Waals surface area contributed by atoms with Crippen molar-refractivity contribution in [2.75, 3.05) is 13.2 Å². The van der Waals surface area contributed by atoms with Gasteiger partial charge in [-0.2, -0.15) is 0 Å². The Labute approximate surface area is 304 Å². The molecule has 0 spiro atoms. The van der Waals surface area contributed by atoms with Crippen LogP contribution in [-0.4, -0.2) is 37.2 Å². The van der Waals surface area contributed by atoms with Crippen LogP contribution in [0.4, 0.5) is 0 Å². The van der Waals surface area contributed by atoms with E-state index in [2.05, 4.69) is 34.6 Å². The Morgan fingerprint density at radius 1 is 0.388 bits per heavy atom. The van der Waals surface area contributed by atoms with Crippen LogP contribution in [0.15, 0.2) is 0 Å². The number of hydrogen-bond acceptors (Lipinski definition) is 6. The van der Waals surface area contributed by atoms with Crippen molar-refractivity contribution in [2.24, 2.45) is 11.8 Å². The van der Waals surface area contributed by atoms with Gasteiger partial charge in [0.25, 0.3) is 0 Å². The van der Waals surface area contributed by atoms with Crippen LogP contribution < -0.4 is 0 Å². The summed E-state index contributed by atoms with van der Waals surface area (Å²) in [4.78, 5) is 37.5. The highest BCUT2D eigenvalue weighted by Crippen LogP contribution is 2.16. The fourth-order valence-corrected chi connectivity index (χ4v) is 6.22. The summed E-state index contributed by atoms with van der Waals surface area (Å²) in [6.07, 6.45) is 32.5. The summed E-state index contributed by atoms with van der Waals surface area (Å²) >= 11 is 0. The Balaban J connectivity index is 4.34. The molecule has 0 heterocycles. The summed E-state index contributed by atoms with van der Waals surface area (Å²) in [5.74, 6) is 0.687. The van der Waals surface area contributed by atoms with E-state index in [1.54, 1.807) is 0 Å². The first-order valence-corrected chi connectivity index (χ1v) is 21.2. The maximum absolute atomic E-state index is 12.6. The number of carbonyl (C=O) groups is 3. The summed E-state index contributed by atoms with van der Waals surface area (Å²) in [5, 5.41) is 0. The van der Waals surface area contributed by atoms with Crippen LogP contribution in [0.25, 0.3) is 0 Å². The summed E-state index contributed by atoms with van der Waals surface area (Å²) < 4.78 is 16.6. The van der Waals surface area contributed by atoms with Crippen LogP contribution in [0.2, 0.25) is 0 Å². The fourth-order valence-electron chi connectivity index (χ4n) is 6.22. The molecule has 1 atom stereocenters. The van der Waals surface area contributed by atoms with E-state index in [1.807, 2.05) is 0 Å². The van der Waals surface area contributed by atoms with Crippen LogP contribution >= 0.6 is 0 Å². The number of hydrogen-bond donors (Lipinski definition) is 0. The molecule has 6 nitrogen and oxygen atoms in total. The zero-order chi connectivity index (χ0) is 36.2. The first-order chi connectivity index (χ1) is 23.7. The molecule has 0 rings (SSSR count). The molecule has 0 saturated heterocycles. The van der Waals surface area contributed by atoms with Crippen molar-refractivity contribution in [1.29, 1.82) is 0 Å². The van der Waals surface area contributed by atoms with Crippen molar-refractivity contribution >= 4 is 17.9 Å². The quantitative estimate of drug-likeness (QED) is 0.0366. The molecule has 0 aliphatic heterocycles. The second-order valence-electron chi connectivity index (χ2n) is 15.6. The Morgan fingerprint density at radius 3 is 1.00 bits per heavy atom. The third kappa shape index (κ3) is 37.5. The standard InChI is InChI=1S/C43H82O6/c1-6-7-8-9-10-11-12-13-17-23-28-33-41(44)47-36-40(49-43(46)35-30-25-20-19-22-27-32-39(4)5)37-48-42(45)34-29-24-18-15-14-16-21-26-31-38(2)3/h38-40H,6-37H2,1-5H3/t40-/m1/s1. The van der Waals surface area contributed by atoms with Crippen molar-refractivity contribution in [1.82, 2.24) is 0 Å². The van der Waals surface area contributed by atoms with Gasteiger partial charge >= 0.3 is 17.9 Å². The summed E-state index contributed by atoms with van der Waals surface area (Å²) in [6.45, 7) is 11.2. The van der Waals surface area contributed by atoms with Crippen LogP contribution in [-0.2, 0) is 28.6 Å². The normalized spacial score (nSPS) is 12.1. The van der Waals surface area contributed by atoms with E-state index in [1.165, 1.54) is 116 Å². The molecule has 49 heavy (non-hydrogen) atoms. The van der Waals surface area contributed by atoms with E-state index in [0.29, 0.717) is 19.3 Å². The monoisotopic (exact) mass is 695 g/mol. The average molecular weight is 695 g/mol. The number of ether oxygens (including phenoxy) is 3. The molecule has 0 bridgehead atoms. The van der Waals surface area contributed by atoms with Gasteiger partial charge in [-0.25, -0.2) is 0 Å². The smallest absolute Gasteiger partial charge is 0.306 e. The molecule has 0 N–H and O–H groups in total. The molecule has 0 aliphatic carbocycles. The van der Waals surface area contributed by atoms with Gasteiger partial charge in [-0.05, 0) is 31.1 Å². The highest BCUT2D eigenvalue weighted by molar-refractivity contribution is 5.71. The maximum atomic E-state index is 12.6. The minimum Gasteiger partial charge on any atom is -0.462 e. The fraction of sp³-hybridized carbons (Fsp3) is 0.930. The van der Waals surface area contributed by atoms with Gasteiger partial charge in [-0.1, -0.05) is 189 Å². The molecule has 290 valence electrons. The Bertz CT molecular complexity index is 749.